The maximum atomic E-state index is 13.3. The lowest BCUT2D eigenvalue weighted by Crippen LogP contribution is -2.46. The second-order valence-corrected chi connectivity index (χ2v) is 6.53. The average molecular weight is 355 g/mol. The summed E-state index contributed by atoms with van der Waals surface area (Å²) in [7, 11) is 2.00. The Morgan fingerprint density at radius 3 is 2.96 bits per heavy atom. The molecule has 1 fully saturated rings. The molecule has 1 aromatic rings. The first-order chi connectivity index (χ1) is 12.7. The van der Waals surface area contributed by atoms with E-state index in [1.807, 2.05) is 25.5 Å². The lowest BCUT2D eigenvalue weighted by molar-refractivity contribution is 0.0349. The predicted molar refractivity (Wildman–Crippen MR) is 99.8 cm³/mol. The van der Waals surface area contributed by atoms with Gasteiger partial charge in [-0.25, -0.2) is 9.38 Å². The molecule has 6 nitrogen and oxygen atoms in total. The van der Waals surface area contributed by atoms with E-state index < -0.39 is 0 Å². The minimum atomic E-state index is -0.259. The second-order valence-electron chi connectivity index (χ2n) is 6.53. The normalized spacial score (nSPS) is 26.8. The lowest BCUT2D eigenvalue weighted by Gasteiger charge is -2.34. The van der Waals surface area contributed by atoms with Gasteiger partial charge in [-0.15, -0.1) is 0 Å². The number of ether oxygens (including phenoxy) is 1. The molecule has 3 heterocycles. The zero-order valence-corrected chi connectivity index (χ0v) is 14.7. The fourth-order valence-electron chi connectivity index (χ4n) is 3.26. The van der Waals surface area contributed by atoms with Gasteiger partial charge in [-0.05, 0) is 30.3 Å². The van der Waals surface area contributed by atoms with E-state index in [-0.39, 0.29) is 18.0 Å². The summed E-state index contributed by atoms with van der Waals surface area (Å²) in [6.07, 6.45) is 5.92. The highest BCUT2D eigenvalue weighted by molar-refractivity contribution is 6.17. The number of hydrogen-bond acceptors (Lipinski definition) is 5. The minimum absolute atomic E-state index is 0.0549. The molecule has 1 unspecified atom stereocenters. The molecule has 2 atom stereocenters. The third kappa shape index (κ3) is 3.54. The Hall–Kier alpha value is -2.51. The monoisotopic (exact) mass is 355 g/mol. The fraction of sp³-hybridized carbons (Fsp3) is 0.368. The smallest absolute Gasteiger partial charge is 0.153 e. The minimum Gasteiger partial charge on any atom is -0.374 e. The number of morpholine rings is 1. The van der Waals surface area contributed by atoms with Crippen LogP contribution >= 0.6 is 0 Å². The maximum absolute atomic E-state index is 13.3. The molecule has 7 heteroatoms. The molecule has 0 aliphatic carbocycles. The van der Waals surface area contributed by atoms with Gasteiger partial charge in [0.2, 0.25) is 0 Å². The number of nitrogens with zero attached hydrogens (tertiary/aromatic N) is 3. The van der Waals surface area contributed by atoms with Crippen molar-refractivity contribution in [3.05, 3.63) is 59.8 Å². The number of nitrogens with one attached hydrogen (secondary N) is 2. The van der Waals surface area contributed by atoms with E-state index in [1.54, 1.807) is 12.1 Å². The molecule has 0 spiro atoms. The van der Waals surface area contributed by atoms with Gasteiger partial charge >= 0.3 is 0 Å². The number of fused-ring (bicyclic) bond motifs is 1. The third-order valence-corrected chi connectivity index (χ3v) is 4.63. The van der Waals surface area contributed by atoms with E-state index in [0.717, 1.165) is 35.9 Å². The third-order valence-electron chi connectivity index (χ3n) is 4.63. The maximum Gasteiger partial charge on any atom is 0.153 e. The van der Waals surface area contributed by atoms with Crippen molar-refractivity contribution in [2.24, 2.45) is 9.98 Å². The molecule has 1 aromatic carbocycles. The second kappa shape index (κ2) is 7.39. The molecule has 1 saturated heterocycles. The fourth-order valence-corrected chi connectivity index (χ4v) is 3.26. The summed E-state index contributed by atoms with van der Waals surface area (Å²) in [5.74, 6) is 0.473. The Kier molecular flexibility index (Phi) is 4.81. The topological polar surface area (TPSA) is 61.2 Å². The van der Waals surface area contributed by atoms with Crippen LogP contribution in [0.15, 0.2) is 58.4 Å². The summed E-state index contributed by atoms with van der Waals surface area (Å²) in [5.41, 5.74) is 2.64. The first-order valence-corrected chi connectivity index (χ1v) is 8.79. The summed E-state index contributed by atoms with van der Waals surface area (Å²) in [6.45, 7) is 2.95. The SMILES string of the molecule is CN1C=CNC2=CC(c3ccc(F)cc3)=NC(=NC[C@@H]3CNCCO3)C21. The quantitative estimate of drug-likeness (QED) is 0.857. The van der Waals surface area contributed by atoms with Crippen LogP contribution in [-0.4, -0.2) is 61.9 Å². The summed E-state index contributed by atoms with van der Waals surface area (Å²) < 4.78 is 19.0. The molecule has 2 N–H and O–H groups in total. The Balaban J connectivity index is 1.65. The Labute approximate surface area is 152 Å². The van der Waals surface area contributed by atoms with E-state index in [4.69, 9.17) is 14.7 Å². The van der Waals surface area contributed by atoms with E-state index in [1.165, 1.54) is 12.1 Å². The number of dihydropyridines is 1. The van der Waals surface area contributed by atoms with Crippen molar-refractivity contribution >= 4 is 11.5 Å². The summed E-state index contributed by atoms with van der Waals surface area (Å²) >= 11 is 0. The van der Waals surface area contributed by atoms with E-state index in [0.29, 0.717) is 13.2 Å². The number of benzene rings is 1. The van der Waals surface area contributed by atoms with E-state index >= 15 is 0 Å². The molecule has 26 heavy (non-hydrogen) atoms. The molecule has 0 aromatic heterocycles. The van der Waals surface area contributed by atoms with Gasteiger partial charge in [0.05, 0.1) is 25.0 Å². The van der Waals surface area contributed by atoms with Gasteiger partial charge in [0, 0.05) is 43.8 Å². The van der Waals surface area contributed by atoms with Crippen LogP contribution in [0.25, 0.3) is 0 Å². The number of likely N-dealkylation sites (N-methyl/N-ethyl adjacent to an activating group) is 1. The molecule has 3 aliphatic heterocycles. The van der Waals surface area contributed by atoms with Crippen LogP contribution in [0.5, 0.6) is 0 Å². The Morgan fingerprint density at radius 2 is 2.19 bits per heavy atom. The van der Waals surface area contributed by atoms with Gasteiger partial charge < -0.3 is 20.3 Å². The lowest BCUT2D eigenvalue weighted by atomic mass is 10.0. The van der Waals surface area contributed by atoms with Gasteiger partial charge in [0.15, 0.2) is 5.84 Å². The first-order valence-electron chi connectivity index (χ1n) is 8.79. The standard InChI is InChI=1S/C19H22FN5O/c1-25-8-6-22-17-10-16(13-2-4-14(20)5-3-13)24-19(18(17)25)23-12-15-11-21-7-9-26-15/h2-6,8,10,15,18,21-22H,7,9,11-12H2,1H3/t15-,18?/m0/s1. The van der Waals surface area contributed by atoms with Crippen molar-refractivity contribution in [3.8, 4) is 0 Å². The molecule has 0 amide bonds. The van der Waals surface area contributed by atoms with Crippen LogP contribution in [0.1, 0.15) is 5.56 Å². The Bertz CT molecular complexity index is 778. The van der Waals surface area contributed by atoms with Crippen LogP contribution in [0, 0.1) is 5.82 Å². The highest BCUT2D eigenvalue weighted by Crippen LogP contribution is 2.21. The van der Waals surface area contributed by atoms with Crippen LogP contribution in [-0.2, 0) is 4.74 Å². The number of aliphatic imine (C=N–C) groups is 2. The van der Waals surface area contributed by atoms with Crippen LogP contribution in [0.4, 0.5) is 4.39 Å². The van der Waals surface area contributed by atoms with Gasteiger partial charge in [-0.3, -0.25) is 4.99 Å². The van der Waals surface area contributed by atoms with E-state index in [9.17, 15) is 4.39 Å². The molecular weight excluding hydrogens is 333 g/mol. The van der Waals surface area contributed by atoms with Gasteiger partial charge in [0.25, 0.3) is 0 Å². The molecule has 136 valence electrons. The summed E-state index contributed by atoms with van der Waals surface area (Å²) in [6, 6.07) is 6.31. The number of amidine groups is 1. The first kappa shape index (κ1) is 16.9. The number of rotatable bonds is 3. The van der Waals surface area contributed by atoms with Gasteiger partial charge in [-0.2, -0.15) is 0 Å². The van der Waals surface area contributed by atoms with Crippen molar-refractivity contribution in [3.63, 3.8) is 0 Å². The molecule has 4 rings (SSSR count). The molecule has 0 saturated carbocycles. The van der Waals surface area contributed by atoms with Gasteiger partial charge in [0.1, 0.15) is 11.9 Å². The molecule has 3 aliphatic rings. The summed E-state index contributed by atoms with van der Waals surface area (Å²) in [4.78, 5) is 11.6. The van der Waals surface area contributed by atoms with E-state index in [2.05, 4.69) is 15.5 Å². The number of allylic oxidation sites excluding steroid dienone is 1. The highest BCUT2D eigenvalue weighted by Gasteiger charge is 2.30. The highest BCUT2D eigenvalue weighted by atomic mass is 19.1. The van der Waals surface area contributed by atoms with Crippen molar-refractivity contribution in [2.45, 2.75) is 12.1 Å². The van der Waals surface area contributed by atoms with Crippen LogP contribution in [0.3, 0.4) is 0 Å². The average Bonchev–Trinajstić information content (AvgIpc) is 2.67. The number of halogens is 1. The van der Waals surface area contributed by atoms with Crippen molar-refractivity contribution in [1.29, 1.82) is 0 Å². The van der Waals surface area contributed by atoms with Crippen molar-refractivity contribution in [1.82, 2.24) is 15.5 Å². The summed E-state index contributed by atoms with van der Waals surface area (Å²) in [5, 5.41) is 6.61. The van der Waals surface area contributed by atoms with Crippen LogP contribution in [0.2, 0.25) is 0 Å². The van der Waals surface area contributed by atoms with Crippen LogP contribution < -0.4 is 10.6 Å². The zero-order valence-electron chi connectivity index (χ0n) is 14.7. The zero-order chi connectivity index (χ0) is 17.9. The molecular formula is C19H22FN5O. The predicted octanol–water partition coefficient (Wildman–Crippen LogP) is 1.27. The van der Waals surface area contributed by atoms with Crippen molar-refractivity contribution < 1.29 is 9.13 Å². The molecule has 0 bridgehead atoms. The largest absolute Gasteiger partial charge is 0.374 e. The van der Waals surface area contributed by atoms with Gasteiger partial charge in [-0.1, -0.05) is 0 Å². The van der Waals surface area contributed by atoms with Crippen molar-refractivity contribution in [2.75, 3.05) is 33.3 Å². The Morgan fingerprint density at radius 1 is 1.35 bits per heavy atom. The molecule has 0 radical (unpaired) electrons. The number of hydrogen-bond donors (Lipinski definition) is 2.